The number of fused-ring (bicyclic) bond motifs is 1. The van der Waals surface area contributed by atoms with Crippen LogP contribution < -0.4 is 62.7 Å². The molecule has 6 aliphatic rings. The van der Waals surface area contributed by atoms with Crippen LogP contribution in [-0.2, 0) is 158 Å². The van der Waals surface area contributed by atoms with Gasteiger partial charge in [0.25, 0.3) is 5.56 Å². The Bertz CT molecular complexity index is 6220. The first-order valence-corrected chi connectivity index (χ1v) is 54.8. The Kier molecular flexibility index (Phi) is 38.8. The van der Waals surface area contributed by atoms with E-state index in [1.54, 1.807) is 13.8 Å². The third-order valence-corrected chi connectivity index (χ3v) is 30.0. The van der Waals surface area contributed by atoms with E-state index in [1.165, 1.54) is 110 Å². The largest absolute Gasteiger partial charge is 0.472 e. The molecule has 0 radical (unpaired) electrons. The average Bonchev–Trinajstić information content (AvgIpc) is 1.61. The predicted octanol–water partition coefficient (Wildman–Crippen LogP) is -0.758. The van der Waals surface area contributed by atoms with E-state index >= 15 is 13.7 Å². The van der Waals surface area contributed by atoms with Crippen molar-refractivity contribution in [2.24, 2.45) is 0 Å². The van der Waals surface area contributed by atoms with Crippen molar-refractivity contribution in [1.29, 1.82) is 0 Å². The van der Waals surface area contributed by atoms with Gasteiger partial charge in [0.1, 0.15) is 133 Å². The van der Waals surface area contributed by atoms with Crippen LogP contribution in [0.4, 0.5) is 29.1 Å². The molecule has 0 amide bonds. The first-order chi connectivity index (χ1) is 67.8. The van der Waals surface area contributed by atoms with Crippen LogP contribution in [0.5, 0.6) is 0 Å². The number of rotatable bonds is 52. The van der Waals surface area contributed by atoms with Crippen molar-refractivity contribution >= 4 is 112 Å². The molecule has 0 aliphatic carbocycles. The van der Waals surface area contributed by atoms with Gasteiger partial charge in [-0.1, -0.05) is 19.2 Å². The standard InChI is InChI=1S/C76H114N19O40P5S3/c1-12-41-42(23-48(125-41)90-24-36(2)60(77)85-72(90)98)131-138(107,141)123-32-46-52(57(117-20-15-112-9)71(130-46)95-35-84-49-64(81)82-34-83-65(49)95)133-136(103,104)120-30-44-51(56(116-19-14-111-8)68(127-44)91-25-37(3)61(78)86-73(91)99)132-137(105,106)121-31-45-53(58(118-21-16-113-10)69(128-45)92-26-38(4)62(79)87-74(92)100)134-140(109,143)124-33-47-54(59(119-22-17-114-11)70(129-47)93-27-39(5)63(80)88-75(93)101)135-139(108,142)122-29-43-50(96)55(115-18-13-110-7)67(126-43)94-28-40(6)66(97)89-76(94)102/h24-28,34-35,41-48,50-59,67-71,96H,12-23,29-33H2,1-11H3,(H,103,104)(H,105,106)(H,107,141)(H,108,142)(H,109,143)(H2,77,85,98)(H2,78,86,99)(H2,79,87,100)(H2,80,88,101)(H2,81,82,83)(H,89,97,102)/t41-,42-,43-,44-,45-,46-,47-,48-,50?,51?,52?,53?,54+,55+,56+,57+,58+,59?,67-,68-,69-,70?,71-,138?,139?,140?/m1/s1. The quantitative estimate of drug-likeness (QED) is 0.0127. The Morgan fingerprint density at radius 2 is 0.762 bits per heavy atom. The molecule has 7 aromatic heterocycles. The zero-order valence-electron chi connectivity index (χ0n) is 78.6. The van der Waals surface area contributed by atoms with Gasteiger partial charge >= 0.3 is 64.3 Å². The minimum atomic E-state index is -5.94. The number of aliphatic hydroxyl groups excluding tert-OH is 1. The van der Waals surface area contributed by atoms with Gasteiger partial charge in [0.2, 0.25) is 0 Å². The predicted molar refractivity (Wildman–Crippen MR) is 502 cm³/mol. The highest BCUT2D eigenvalue weighted by molar-refractivity contribution is 8.44. The fourth-order valence-corrected chi connectivity index (χ4v) is 22.4. The van der Waals surface area contributed by atoms with Crippen molar-refractivity contribution in [3.63, 3.8) is 0 Å². The first-order valence-electron chi connectivity index (χ1n) is 43.9. The van der Waals surface area contributed by atoms with Gasteiger partial charge < -0.3 is 143 Å². The van der Waals surface area contributed by atoms with Crippen LogP contribution in [0.2, 0.25) is 0 Å². The summed E-state index contributed by atoms with van der Waals surface area (Å²) in [5, 5.41) is 11.8. The number of ether oxygens (including phenoxy) is 16. The molecule has 0 saturated carbocycles. The van der Waals surface area contributed by atoms with E-state index in [4.69, 9.17) is 173 Å². The number of nitrogens with one attached hydrogen (secondary N) is 1. The van der Waals surface area contributed by atoms with Crippen molar-refractivity contribution in [2.75, 3.05) is 163 Å². The lowest BCUT2D eigenvalue weighted by Crippen LogP contribution is -2.41. The van der Waals surface area contributed by atoms with Gasteiger partial charge in [0.15, 0.2) is 42.6 Å². The molecule has 0 spiro atoms. The Morgan fingerprint density at radius 3 is 1.19 bits per heavy atom. The number of methoxy groups -OCH3 is 5. The van der Waals surface area contributed by atoms with Crippen LogP contribution >= 0.6 is 48.1 Å². The second kappa shape index (κ2) is 49.1. The van der Waals surface area contributed by atoms with Crippen molar-refractivity contribution < 1.29 is 159 Å². The number of phosphoric ester groups is 2. The van der Waals surface area contributed by atoms with Gasteiger partial charge in [0, 0.05) is 101 Å². The number of nitrogens with two attached hydrogens (primary N) is 5. The number of aromatic nitrogens is 14. The van der Waals surface area contributed by atoms with Crippen LogP contribution in [0.15, 0.2) is 72.4 Å². The van der Waals surface area contributed by atoms with Gasteiger partial charge in [-0.15, -0.1) is 0 Å². The summed E-state index contributed by atoms with van der Waals surface area (Å²) in [5.41, 5.74) is 26.1. The fourth-order valence-electron chi connectivity index (χ4n) is 16.1. The highest BCUT2D eigenvalue weighted by atomic mass is 32.7. The number of nitrogen functional groups attached to an aromatic ring is 5. The summed E-state index contributed by atoms with van der Waals surface area (Å²) in [5.74, 6) is -0.726. The number of imidazole rings is 1. The van der Waals surface area contributed by atoms with Crippen molar-refractivity contribution in [1.82, 2.24) is 67.3 Å². The molecule has 6 saturated heterocycles. The number of phosphoric acid groups is 2. The Labute approximate surface area is 827 Å². The lowest BCUT2D eigenvalue weighted by atomic mass is 10.1. The number of anilines is 5. The minimum Gasteiger partial charge on any atom is -0.387 e. The van der Waals surface area contributed by atoms with E-state index in [0.717, 1.165) is 24.6 Å². The zero-order chi connectivity index (χ0) is 104. The molecule has 13 rings (SSSR count). The summed E-state index contributed by atoms with van der Waals surface area (Å²) in [7, 11) is -5.04. The van der Waals surface area contributed by atoms with Crippen molar-refractivity contribution in [3.8, 4) is 0 Å². The smallest absolute Gasteiger partial charge is 0.387 e. The summed E-state index contributed by atoms with van der Waals surface area (Å²) < 4.78 is 209. The molecule has 7 aromatic rings. The summed E-state index contributed by atoms with van der Waals surface area (Å²) >= 11 is 15.7. The lowest BCUT2D eigenvalue weighted by molar-refractivity contribution is -0.0850. The van der Waals surface area contributed by atoms with Crippen LogP contribution in [0, 0.1) is 34.6 Å². The number of nitrogens with zero attached hydrogens (tertiary/aromatic N) is 13. The summed E-state index contributed by atoms with van der Waals surface area (Å²) in [6.45, 7) is -12.6. The van der Waals surface area contributed by atoms with Gasteiger partial charge in [0.05, 0.1) is 118 Å². The normalized spacial score (nSPS) is 29.4. The lowest BCUT2D eigenvalue weighted by Gasteiger charge is -2.30. The molecule has 16 N–H and O–H groups in total. The van der Waals surface area contributed by atoms with E-state index in [1.807, 2.05) is 0 Å². The molecule has 796 valence electrons. The molecule has 11 unspecified atom stereocenters. The molecular weight excluding hydrogens is 2070 g/mol. The molecular formula is C76H114N19O40P5S3. The third-order valence-electron chi connectivity index (χ3n) is 23.2. The molecule has 143 heavy (non-hydrogen) atoms. The number of aryl methyl sites for hydroxylation is 5. The van der Waals surface area contributed by atoms with Gasteiger partial charge in [-0.2, -0.15) is 19.9 Å². The van der Waals surface area contributed by atoms with Crippen LogP contribution in [0.3, 0.4) is 0 Å². The van der Waals surface area contributed by atoms with Crippen LogP contribution in [0.1, 0.15) is 85.0 Å². The average molecular weight is 2180 g/mol. The fraction of sp³-hybridized carbons (Fsp3) is 0.671. The van der Waals surface area contributed by atoms with Crippen LogP contribution in [-0.4, -0.2) is 330 Å². The molecule has 6 fully saturated rings. The monoisotopic (exact) mass is 2180 g/mol. The topological polar surface area (TPSA) is 760 Å². The molecule has 13 heterocycles. The number of hydrogen-bond acceptors (Lipinski definition) is 50. The van der Waals surface area contributed by atoms with E-state index in [-0.39, 0.29) is 135 Å². The number of aliphatic hydroxyl groups is 1. The number of aromatic amines is 1. The summed E-state index contributed by atoms with van der Waals surface area (Å²) in [6.07, 6.45) is -28.3. The van der Waals surface area contributed by atoms with Crippen molar-refractivity contribution in [3.05, 3.63) is 134 Å². The maximum Gasteiger partial charge on any atom is 0.472 e. The number of thiol groups is 1. The van der Waals surface area contributed by atoms with Gasteiger partial charge in [-0.25, -0.2) is 52.6 Å². The van der Waals surface area contributed by atoms with E-state index in [0.29, 0.717) is 5.56 Å². The SMILES string of the molecule is CC[C@H]1O[C@@H](n2cc(C)c(N)nc2=O)C[C@H]1OP(O)(=S)OC[C@H]1O[C@@H](n2cnc3c(N)ncnc32)[C@@H](OCCOC)C1OP(=O)(O)OC[C@H]1O[C@@H](n2cc(C)c(N)nc2=O)[C@@H](OCCOC)C1OP(=O)(O)OC[C@H]1O[C@@H](n2cc(C)c(N)nc2=O)[C@@H](OCCOC)C1OP(=O)(S)OC[C@H]1OC(n2cc(C)c(N)nc2=O)C(OCCOC)[C@H]1OP(O)(=S)OC[C@H]1O[C@@H](n2cc(C)c(=O)[nH]c2=O)[C@@H](OCCOC)C1O. The highest BCUT2D eigenvalue weighted by Crippen LogP contribution is 2.60. The third kappa shape index (κ3) is 27.6. The van der Waals surface area contributed by atoms with Gasteiger partial charge in [-0.05, 0) is 64.7 Å². The van der Waals surface area contributed by atoms with E-state index in [9.17, 15) is 53.4 Å². The van der Waals surface area contributed by atoms with E-state index < -0.39 is 251 Å². The summed E-state index contributed by atoms with van der Waals surface area (Å²) in [4.78, 5) is 161. The van der Waals surface area contributed by atoms with E-state index in [2.05, 4.69) is 52.1 Å². The number of hydrogen-bond donors (Lipinski definition) is 12. The maximum absolute atomic E-state index is 15.6. The second-order valence-corrected chi connectivity index (χ2v) is 44.3. The maximum atomic E-state index is 15.6. The van der Waals surface area contributed by atoms with Crippen LogP contribution in [0.25, 0.3) is 11.2 Å². The zero-order valence-corrected chi connectivity index (χ0v) is 85.6. The molecule has 28 atom stereocenters. The van der Waals surface area contributed by atoms with Crippen molar-refractivity contribution in [2.45, 2.75) is 196 Å². The highest BCUT2D eigenvalue weighted by Gasteiger charge is 2.59. The van der Waals surface area contributed by atoms with Gasteiger partial charge in [-0.3, -0.25) is 68.8 Å². The summed E-state index contributed by atoms with van der Waals surface area (Å²) in [6, 6.07) is 0. The number of H-pyrrole nitrogens is 1. The Morgan fingerprint density at radius 1 is 0.413 bits per heavy atom. The second-order valence-electron chi connectivity index (χ2n) is 33.0. The minimum absolute atomic E-state index is 0.00194. The Hall–Kier alpha value is -7.15. The molecule has 0 bridgehead atoms. The molecule has 0 aromatic carbocycles. The molecule has 67 heteroatoms. The first kappa shape index (κ1) is 113. The molecule has 6 aliphatic heterocycles. The Balaban J connectivity index is 0.796. The molecule has 59 nitrogen and oxygen atoms in total.